The van der Waals surface area contributed by atoms with Crippen LogP contribution in [-0.2, 0) is 0 Å². The number of rotatable bonds is 3. The zero-order valence-electron chi connectivity index (χ0n) is 11.9. The molecule has 0 aliphatic carbocycles. The lowest BCUT2D eigenvalue weighted by Gasteiger charge is -2.08. The first-order chi connectivity index (χ1) is 11.2. The van der Waals surface area contributed by atoms with E-state index in [0.717, 1.165) is 5.56 Å². The van der Waals surface area contributed by atoms with Crippen LogP contribution in [0.2, 0.25) is 0 Å². The molecular formula is C16H12N6O. The molecule has 0 atom stereocenters. The highest BCUT2D eigenvalue weighted by molar-refractivity contribution is 6.00. The average Bonchev–Trinajstić information content (AvgIpc) is 3.10. The number of H-pyrrole nitrogens is 1. The van der Waals surface area contributed by atoms with Gasteiger partial charge in [-0.1, -0.05) is 12.1 Å². The molecule has 23 heavy (non-hydrogen) atoms. The van der Waals surface area contributed by atoms with Crippen molar-refractivity contribution in [2.45, 2.75) is 0 Å². The summed E-state index contributed by atoms with van der Waals surface area (Å²) in [5.74, 6) is 0.626. The molecule has 0 saturated carbocycles. The molecule has 0 fully saturated rings. The van der Waals surface area contributed by atoms with Gasteiger partial charge in [-0.2, -0.15) is 10.4 Å². The quantitative estimate of drug-likeness (QED) is 0.691. The van der Waals surface area contributed by atoms with Gasteiger partial charge in [0.1, 0.15) is 6.33 Å². The Morgan fingerprint density at radius 2 is 1.87 bits per heavy atom. The number of urea groups is 1. The fourth-order valence-electron chi connectivity index (χ4n) is 2.01. The van der Waals surface area contributed by atoms with Crippen LogP contribution in [0.15, 0.2) is 54.9 Å². The molecule has 0 radical (unpaired) electrons. The third-order valence-corrected chi connectivity index (χ3v) is 3.08. The lowest BCUT2D eigenvalue weighted by Crippen LogP contribution is -2.19. The average molecular weight is 304 g/mol. The summed E-state index contributed by atoms with van der Waals surface area (Å²) in [5, 5.41) is 20.8. The molecule has 0 aliphatic rings. The minimum absolute atomic E-state index is 0.371. The number of benzene rings is 2. The van der Waals surface area contributed by atoms with Crippen molar-refractivity contribution in [3.8, 4) is 17.5 Å². The summed E-state index contributed by atoms with van der Waals surface area (Å²) in [4.78, 5) is 16.1. The second kappa shape index (κ2) is 6.41. The smallest absolute Gasteiger partial charge is 0.308 e. The van der Waals surface area contributed by atoms with Crippen molar-refractivity contribution in [2.24, 2.45) is 0 Å². The highest BCUT2D eigenvalue weighted by atomic mass is 16.2. The van der Waals surface area contributed by atoms with Crippen LogP contribution in [0, 0.1) is 11.3 Å². The highest BCUT2D eigenvalue weighted by Crippen LogP contribution is 2.19. The number of aromatic nitrogens is 3. The van der Waals surface area contributed by atoms with Crippen molar-refractivity contribution in [1.29, 1.82) is 5.26 Å². The maximum Gasteiger partial charge on any atom is 0.323 e. The van der Waals surface area contributed by atoms with Crippen LogP contribution in [0.25, 0.3) is 11.4 Å². The molecule has 0 saturated heterocycles. The first-order valence-electron chi connectivity index (χ1n) is 6.78. The number of hydrogen-bond donors (Lipinski definition) is 3. The Labute approximate surface area is 132 Å². The first kappa shape index (κ1) is 14.3. The molecule has 7 heteroatoms. The van der Waals surface area contributed by atoms with E-state index in [1.807, 2.05) is 18.2 Å². The predicted molar refractivity (Wildman–Crippen MR) is 85.6 cm³/mol. The number of nitriles is 1. The standard InChI is InChI=1S/C16H12N6O/c17-9-11-4-6-13(7-5-11)20-16(23)21-14-3-1-2-12(8-14)15-18-10-19-22-15/h1-8,10H,(H,18,19,22)(H2,20,21,23). The Morgan fingerprint density at radius 1 is 1.09 bits per heavy atom. The van der Waals surface area contributed by atoms with E-state index >= 15 is 0 Å². The van der Waals surface area contributed by atoms with Crippen LogP contribution in [0.1, 0.15) is 5.56 Å². The molecule has 0 aliphatic heterocycles. The molecular weight excluding hydrogens is 292 g/mol. The zero-order valence-corrected chi connectivity index (χ0v) is 11.9. The first-order valence-corrected chi connectivity index (χ1v) is 6.78. The second-order valence-corrected chi connectivity index (χ2v) is 4.68. The Morgan fingerprint density at radius 3 is 2.57 bits per heavy atom. The molecule has 2 aromatic carbocycles. The van der Waals surface area contributed by atoms with Gasteiger partial charge < -0.3 is 10.6 Å². The van der Waals surface area contributed by atoms with E-state index in [1.165, 1.54) is 6.33 Å². The number of aromatic amines is 1. The van der Waals surface area contributed by atoms with E-state index in [2.05, 4.69) is 25.8 Å². The SMILES string of the molecule is N#Cc1ccc(NC(=O)Nc2cccc(-c3ncn[nH]3)c2)cc1. The largest absolute Gasteiger partial charge is 0.323 e. The minimum Gasteiger partial charge on any atom is -0.308 e. The number of nitrogens with one attached hydrogen (secondary N) is 3. The topological polar surface area (TPSA) is 106 Å². The van der Waals surface area contributed by atoms with Crippen LogP contribution in [0.3, 0.4) is 0 Å². The molecule has 3 rings (SSSR count). The van der Waals surface area contributed by atoms with E-state index in [1.54, 1.807) is 36.4 Å². The maximum atomic E-state index is 12.0. The molecule has 0 unspecified atom stereocenters. The summed E-state index contributed by atoms with van der Waals surface area (Å²) in [7, 11) is 0. The van der Waals surface area contributed by atoms with E-state index in [4.69, 9.17) is 5.26 Å². The lowest BCUT2D eigenvalue weighted by atomic mass is 10.2. The van der Waals surface area contributed by atoms with Crippen molar-refractivity contribution >= 4 is 17.4 Å². The number of carbonyl (C=O) groups is 1. The predicted octanol–water partition coefficient (Wildman–Crippen LogP) is 2.99. The number of hydrogen-bond acceptors (Lipinski definition) is 4. The van der Waals surface area contributed by atoms with E-state index in [0.29, 0.717) is 22.8 Å². The van der Waals surface area contributed by atoms with Crippen LogP contribution in [0.4, 0.5) is 16.2 Å². The number of nitrogens with zero attached hydrogens (tertiary/aromatic N) is 3. The van der Waals surface area contributed by atoms with Gasteiger partial charge in [-0.25, -0.2) is 9.78 Å². The van der Waals surface area contributed by atoms with E-state index in [9.17, 15) is 4.79 Å². The lowest BCUT2D eigenvalue weighted by molar-refractivity contribution is 0.262. The van der Waals surface area contributed by atoms with Gasteiger partial charge in [0.2, 0.25) is 0 Å². The van der Waals surface area contributed by atoms with Crippen molar-refractivity contribution in [1.82, 2.24) is 15.2 Å². The molecule has 0 spiro atoms. The number of anilines is 2. The van der Waals surface area contributed by atoms with Gasteiger partial charge >= 0.3 is 6.03 Å². The molecule has 3 N–H and O–H groups in total. The number of amides is 2. The molecule has 1 heterocycles. The molecule has 112 valence electrons. The molecule has 0 bridgehead atoms. The molecule has 1 aromatic heterocycles. The van der Waals surface area contributed by atoms with Gasteiger partial charge in [0.05, 0.1) is 11.6 Å². The van der Waals surface area contributed by atoms with Gasteiger partial charge in [0.15, 0.2) is 5.82 Å². The monoisotopic (exact) mass is 304 g/mol. The van der Waals surface area contributed by atoms with Gasteiger partial charge in [-0.05, 0) is 36.4 Å². The second-order valence-electron chi connectivity index (χ2n) is 4.68. The van der Waals surface area contributed by atoms with Crippen LogP contribution < -0.4 is 10.6 Å². The zero-order chi connectivity index (χ0) is 16.1. The summed E-state index contributed by atoms with van der Waals surface area (Å²) in [5.41, 5.74) is 2.59. The summed E-state index contributed by atoms with van der Waals surface area (Å²) >= 11 is 0. The van der Waals surface area contributed by atoms with Crippen molar-refractivity contribution in [2.75, 3.05) is 10.6 Å². The maximum absolute atomic E-state index is 12.0. The third-order valence-electron chi connectivity index (χ3n) is 3.08. The number of carbonyl (C=O) groups excluding carboxylic acids is 1. The molecule has 7 nitrogen and oxygen atoms in total. The van der Waals surface area contributed by atoms with E-state index < -0.39 is 0 Å². The van der Waals surface area contributed by atoms with Gasteiger partial charge in [0.25, 0.3) is 0 Å². The highest BCUT2D eigenvalue weighted by Gasteiger charge is 2.05. The van der Waals surface area contributed by atoms with Crippen molar-refractivity contribution in [3.05, 3.63) is 60.4 Å². The molecule has 2 amide bonds. The van der Waals surface area contributed by atoms with E-state index in [-0.39, 0.29) is 6.03 Å². The summed E-state index contributed by atoms with van der Waals surface area (Å²) < 4.78 is 0. The summed E-state index contributed by atoms with van der Waals surface area (Å²) in [6, 6.07) is 15.5. The van der Waals surface area contributed by atoms with Gasteiger partial charge in [-0.3, -0.25) is 5.10 Å². The van der Waals surface area contributed by atoms with Crippen molar-refractivity contribution in [3.63, 3.8) is 0 Å². The molecule has 3 aromatic rings. The minimum atomic E-state index is -0.371. The van der Waals surface area contributed by atoms with Gasteiger partial charge in [0, 0.05) is 16.9 Å². The fourth-order valence-corrected chi connectivity index (χ4v) is 2.01. The normalized spacial score (nSPS) is 9.87. The Kier molecular flexibility index (Phi) is 3.98. The summed E-state index contributed by atoms with van der Waals surface area (Å²) in [6.45, 7) is 0. The Hall–Kier alpha value is -3.66. The van der Waals surface area contributed by atoms with Gasteiger partial charge in [-0.15, -0.1) is 0 Å². The van der Waals surface area contributed by atoms with Crippen LogP contribution >= 0.6 is 0 Å². The Balaban J connectivity index is 1.68. The van der Waals surface area contributed by atoms with Crippen LogP contribution in [-0.4, -0.2) is 21.2 Å². The summed E-state index contributed by atoms with van der Waals surface area (Å²) in [6.07, 6.45) is 1.42. The van der Waals surface area contributed by atoms with Crippen LogP contribution in [0.5, 0.6) is 0 Å². The fraction of sp³-hybridized carbons (Fsp3) is 0. The van der Waals surface area contributed by atoms with Crippen molar-refractivity contribution < 1.29 is 4.79 Å². The Bertz CT molecular complexity index is 849. The third kappa shape index (κ3) is 3.51.